The Kier molecular flexibility index (Phi) is 6.26. The number of para-hydroxylation sites is 1. The molecule has 1 amide bonds. The van der Waals surface area contributed by atoms with Crippen molar-refractivity contribution in [2.24, 2.45) is 0 Å². The molecule has 3 aromatic rings. The molecule has 0 aliphatic heterocycles. The van der Waals surface area contributed by atoms with Crippen molar-refractivity contribution >= 4 is 21.6 Å². The quantitative estimate of drug-likeness (QED) is 0.558. The molecule has 0 aliphatic rings. The molecule has 0 unspecified atom stereocenters. The second kappa shape index (κ2) is 8.85. The molecule has 1 aromatic heterocycles. The lowest BCUT2D eigenvalue weighted by atomic mass is 10.2. The summed E-state index contributed by atoms with van der Waals surface area (Å²) >= 11 is 0. The minimum absolute atomic E-state index is 0.143. The van der Waals surface area contributed by atoms with Gasteiger partial charge < -0.3 is 5.32 Å². The summed E-state index contributed by atoms with van der Waals surface area (Å²) in [6.45, 7) is 5.55. The monoisotopic (exact) mass is 410 g/mol. The van der Waals surface area contributed by atoms with Gasteiger partial charge in [-0.05, 0) is 42.8 Å². The highest BCUT2D eigenvalue weighted by molar-refractivity contribution is 7.88. The number of rotatable bonds is 8. The van der Waals surface area contributed by atoms with Crippen LogP contribution in [0.25, 0.3) is 5.69 Å². The maximum Gasteiger partial charge on any atom is 0.276 e. The molecule has 0 spiro atoms. The van der Waals surface area contributed by atoms with E-state index in [4.69, 9.17) is 0 Å². The maximum atomic E-state index is 12.5. The minimum Gasteiger partial charge on any atom is -0.321 e. The van der Waals surface area contributed by atoms with Crippen LogP contribution in [0.2, 0.25) is 0 Å². The molecule has 3 rings (SSSR count). The predicted octanol–water partition coefficient (Wildman–Crippen LogP) is 3.04. The highest BCUT2D eigenvalue weighted by Crippen LogP contribution is 2.15. The number of aromatic nitrogens is 2. The van der Waals surface area contributed by atoms with Crippen molar-refractivity contribution < 1.29 is 13.2 Å². The Bertz CT molecular complexity index is 1100. The Labute approximate surface area is 170 Å². The van der Waals surface area contributed by atoms with Crippen LogP contribution in [0.3, 0.4) is 0 Å². The molecular formula is C21H22N4O3S. The van der Waals surface area contributed by atoms with Crippen molar-refractivity contribution in [1.29, 1.82) is 0 Å². The van der Waals surface area contributed by atoms with Gasteiger partial charge >= 0.3 is 0 Å². The van der Waals surface area contributed by atoms with Crippen LogP contribution in [0.15, 0.2) is 73.3 Å². The van der Waals surface area contributed by atoms with E-state index in [2.05, 4.69) is 21.7 Å². The topological polar surface area (TPSA) is 93.1 Å². The first-order valence-corrected chi connectivity index (χ1v) is 10.6. The molecule has 0 fully saturated rings. The molecule has 0 bridgehead atoms. The zero-order valence-electron chi connectivity index (χ0n) is 16.0. The fraction of sp³-hybridized carbons (Fsp3) is 0.143. The lowest BCUT2D eigenvalue weighted by molar-refractivity contribution is 0.102. The van der Waals surface area contributed by atoms with Crippen LogP contribution in [-0.2, 0) is 15.8 Å². The van der Waals surface area contributed by atoms with Gasteiger partial charge in [-0.2, -0.15) is 5.10 Å². The number of carbonyl (C=O) groups excluding carboxylic acids is 1. The second-order valence-corrected chi connectivity index (χ2v) is 8.27. The van der Waals surface area contributed by atoms with E-state index in [0.29, 0.717) is 16.9 Å². The Morgan fingerprint density at radius 2 is 1.83 bits per heavy atom. The van der Waals surface area contributed by atoms with Crippen LogP contribution >= 0.6 is 0 Å². The van der Waals surface area contributed by atoms with Crippen LogP contribution in [0.5, 0.6) is 0 Å². The highest BCUT2D eigenvalue weighted by Gasteiger charge is 2.14. The third-order valence-electron chi connectivity index (χ3n) is 4.14. The smallest absolute Gasteiger partial charge is 0.276 e. The van der Waals surface area contributed by atoms with E-state index in [1.54, 1.807) is 35.0 Å². The van der Waals surface area contributed by atoms with Gasteiger partial charge in [0.15, 0.2) is 5.69 Å². The molecule has 29 heavy (non-hydrogen) atoms. The molecule has 1 heterocycles. The van der Waals surface area contributed by atoms with Gasteiger partial charge in [0.25, 0.3) is 5.91 Å². The Morgan fingerprint density at radius 3 is 2.48 bits per heavy atom. The van der Waals surface area contributed by atoms with Gasteiger partial charge in [0.1, 0.15) is 0 Å². The molecule has 150 valence electrons. The number of nitrogens with one attached hydrogen (secondary N) is 2. The van der Waals surface area contributed by atoms with E-state index in [1.165, 1.54) is 6.08 Å². The number of hydrogen-bond acceptors (Lipinski definition) is 4. The second-order valence-electron chi connectivity index (χ2n) is 6.47. The average Bonchev–Trinajstić information content (AvgIpc) is 3.10. The summed E-state index contributed by atoms with van der Waals surface area (Å²) in [4.78, 5) is 12.5. The third kappa shape index (κ3) is 5.40. The van der Waals surface area contributed by atoms with Crippen LogP contribution in [0.1, 0.15) is 21.7 Å². The van der Waals surface area contributed by atoms with E-state index in [0.717, 1.165) is 11.4 Å². The largest absolute Gasteiger partial charge is 0.321 e. The predicted molar refractivity (Wildman–Crippen MR) is 114 cm³/mol. The molecule has 0 radical (unpaired) electrons. The molecule has 0 aliphatic carbocycles. The summed E-state index contributed by atoms with van der Waals surface area (Å²) in [7, 11) is -3.43. The van der Waals surface area contributed by atoms with Gasteiger partial charge in [0.2, 0.25) is 10.0 Å². The van der Waals surface area contributed by atoms with E-state index in [1.807, 2.05) is 37.3 Å². The van der Waals surface area contributed by atoms with E-state index in [-0.39, 0.29) is 18.2 Å². The first-order valence-electron chi connectivity index (χ1n) is 8.98. The summed E-state index contributed by atoms with van der Waals surface area (Å²) in [5, 5.41) is 7.16. The maximum absolute atomic E-state index is 12.5. The molecule has 2 N–H and O–H groups in total. The van der Waals surface area contributed by atoms with E-state index >= 15 is 0 Å². The SMILES string of the molecule is C=CCNS(=O)(=O)Cc1ccc(NC(=O)c2cc(C)n(-c3ccccc3)n2)cc1. The number of amides is 1. The lowest BCUT2D eigenvalue weighted by Gasteiger charge is -2.07. The van der Waals surface area contributed by atoms with E-state index in [9.17, 15) is 13.2 Å². The fourth-order valence-electron chi connectivity index (χ4n) is 2.75. The third-order valence-corrected chi connectivity index (χ3v) is 5.46. The fourth-order valence-corrected chi connectivity index (χ4v) is 3.86. The van der Waals surface area contributed by atoms with Gasteiger partial charge in [0, 0.05) is 17.9 Å². The zero-order valence-corrected chi connectivity index (χ0v) is 16.8. The number of sulfonamides is 1. The Hall–Kier alpha value is -3.23. The summed E-state index contributed by atoms with van der Waals surface area (Å²) in [6, 6.07) is 17.9. The van der Waals surface area contributed by atoms with Crippen molar-refractivity contribution in [1.82, 2.24) is 14.5 Å². The van der Waals surface area contributed by atoms with E-state index < -0.39 is 10.0 Å². The summed E-state index contributed by atoms with van der Waals surface area (Å²) < 4.78 is 28.0. The number of anilines is 1. The first kappa shape index (κ1) is 20.5. The molecule has 8 heteroatoms. The molecule has 0 saturated heterocycles. The van der Waals surface area contributed by atoms with Gasteiger partial charge in [-0.1, -0.05) is 36.4 Å². The van der Waals surface area contributed by atoms with Gasteiger partial charge in [0.05, 0.1) is 11.4 Å². The number of nitrogens with zero attached hydrogens (tertiary/aromatic N) is 2. The van der Waals surface area contributed by atoms with Crippen molar-refractivity contribution in [3.05, 3.63) is 90.3 Å². The minimum atomic E-state index is -3.43. The Balaban J connectivity index is 1.68. The van der Waals surface area contributed by atoms with Gasteiger partial charge in [-0.25, -0.2) is 17.8 Å². The van der Waals surface area contributed by atoms with Gasteiger partial charge in [-0.3, -0.25) is 4.79 Å². The zero-order chi connectivity index (χ0) is 20.9. The first-order chi connectivity index (χ1) is 13.9. The summed E-state index contributed by atoms with van der Waals surface area (Å²) in [6.07, 6.45) is 1.48. The van der Waals surface area contributed by atoms with Crippen LogP contribution in [0.4, 0.5) is 5.69 Å². The lowest BCUT2D eigenvalue weighted by Crippen LogP contribution is -2.25. The van der Waals surface area contributed by atoms with Gasteiger partial charge in [-0.15, -0.1) is 6.58 Å². The molecular weight excluding hydrogens is 388 g/mol. The number of aryl methyl sites for hydroxylation is 1. The van der Waals surface area contributed by atoms with Crippen molar-refractivity contribution in [2.45, 2.75) is 12.7 Å². The number of benzene rings is 2. The summed E-state index contributed by atoms with van der Waals surface area (Å²) in [5.41, 5.74) is 3.19. The van der Waals surface area contributed by atoms with Crippen LogP contribution < -0.4 is 10.0 Å². The normalized spacial score (nSPS) is 11.2. The molecule has 0 saturated carbocycles. The standard InChI is InChI=1S/C21H22N4O3S/c1-3-13-22-29(27,28)15-17-9-11-18(12-10-17)23-21(26)20-14-16(2)25(24-20)19-7-5-4-6-8-19/h3-12,14,22H,1,13,15H2,2H3,(H,23,26). The average molecular weight is 410 g/mol. The molecule has 0 atom stereocenters. The molecule has 2 aromatic carbocycles. The van der Waals surface area contributed by atoms with Crippen molar-refractivity contribution in [3.8, 4) is 5.69 Å². The molecule has 7 nitrogen and oxygen atoms in total. The number of carbonyl (C=O) groups is 1. The summed E-state index contributed by atoms with van der Waals surface area (Å²) in [5.74, 6) is -0.480. The Morgan fingerprint density at radius 1 is 1.14 bits per heavy atom. The van der Waals surface area contributed by atoms with Crippen LogP contribution in [0, 0.1) is 6.92 Å². The number of hydrogen-bond donors (Lipinski definition) is 2. The van der Waals surface area contributed by atoms with Crippen LogP contribution in [-0.4, -0.2) is 30.7 Å². The van der Waals surface area contributed by atoms with Crippen molar-refractivity contribution in [2.75, 3.05) is 11.9 Å². The highest BCUT2D eigenvalue weighted by atomic mass is 32.2. The van der Waals surface area contributed by atoms with Crippen molar-refractivity contribution in [3.63, 3.8) is 0 Å².